The van der Waals surface area contributed by atoms with Crippen LogP contribution in [0.2, 0.25) is 0 Å². The molecule has 4 heteroatoms. The molecule has 1 amide bonds. The molecule has 0 bridgehead atoms. The molecule has 1 aliphatic heterocycles. The summed E-state index contributed by atoms with van der Waals surface area (Å²) in [5.74, 6) is 0.215. The number of hydrogen-bond donors (Lipinski definition) is 2. The highest BCUT2D eigenvalue weighted by atomic mass is 35.5. The second kappa shape index (κ2) is 5.51. The van der Waals surface area contributed by atoms with Gasteiger partial charge in [0, 0.05) is 18.0 Å². The SMILES string of the molecule is CC1(C(=O)NCC2NCCc3ccccc32)CC1.Cl. The van der Waals surface area contributed by atoms with E-state index in [-0.39, 0.29) is 29.8 Å². The molecule has 2 aliphatic rings. The van der Waals surface area contributed by atoms with Crippen molar-refractivity contribution in [2.24, 2.45) is 5.41 Å². The Hall–Kier alpha value is -1.06. The van der Waals surface area contributed by atoms with E-state index in [1.54, 1.807) is 0 Å². The Balaban J connectivity index is 0.00000133. The molecule has 1 fully saturated rings. The lowest BCUT2D eigenvalue weighted by Gasteiger charge is -2.27. The Labute approximate surface area is 120 Å². The molecule has 1 aromatic rings. The summed E-state index contributed by atoms with van der Waals surface area (Å²) in [6.45, 7) is 3.74. The van der Waals surface area contributed by atoms with Gasteiger partial charge in [0.05, 0.1) is 0 Å². The molecule has 104 valence electrons. The molecule has 0 spiro atoms. The largest absolute Gasteiger partial charge is 0.354 e. The van der Waals surface area contributed by atoms with E-state index in [0.29, 0.717) is 6.54 Å². The van der Waals surface area contributed by atoms with Crippen molar-refractivity contribution in [1.82, 2.24) is 10.6 Å². The van der Waals surface area contributed by atoms with E-state index in [9.17, 15) is 4.79 Å². The maximum absolute atomic E-state index is 11.9. The molecule has 1 heterocycles. The van der Waals surface area contributed by atoms with Gasteiger partial charge in [-0.2, -0.15) is 0 Å². The van der Waals surface area contributed by atoms with Gasteiger partial charge in [0.1, 0.15) is 0 Å². The lowest BCUT2D eigenvalue weighted by atomic mass is 9.94. The van der Waals surface area contributed by atoms with E-state index >= 15 is 0 Å². The minimum atomic E-state index is -0.0752. The summed E-state index contributed by atoms with van der Waals surface area (Å²) in [6, 6.07) is 8.78. The predicted octanol–water partition coefficient (Wildman–Crippen LogP) is 2.21. The van der Waals surface area contributed by atoms with Gasteiger partial charge in [0.25, 0.3) is 0 Å². The van der Waals surface area contributed by atoms with Crippen LogP contribution in [0.1, 0.15) is 36.9 Å². The molecule has 0 aromatic heterocycles. The second-order valence-corrected chi connectivity index (χ2v) is 5.73. The topological polar surface area (TPSA) is 41.1 Å². The van der Waals surface area contributed by atoms with Gasteiger partial charge < -0.3 is 10.6 Å². The summed E-state index contributed by atoms with van der Waals surface area (Å²) in [5, 5.41) is 6.58. The third kappa shape index (κ3) is 2.93. The zero-order valence-electron chi connectivity index (χ0n) is 11.2. The number of rotatable bonds is 3. The summed E-state index contributed by atoms with van der Waals surface area (Å²) in [5.41, 5.74) is 2.67. The minimum absolute atomic E-state index is 0. The fraction of sp³-hybridized carbons (Fsp3) is 0.533. The fourth-order valence-corrected chi connectivity index (χ4v) is 2.60. The first-order valence-corrected chi connectivity index (χ1v) is 6.78. The molecule has 1 aromatic carbocycles. The minimum Gasteiger partial charge on any atom is -0.354 e. The van der Waals surface area contributed by atoms with Crippen LogP contribution in [-0.4, -0.2) is 19.0 Å². The van der Waals surface area contributed by atoms with Crippen LogP contribution in [0.15, 0.2) is 24.3 Å². The fourth-order valence-electron chi connectivity index (χ4n) is 2.60. The van der Waals surface area contributed by atoms with Crippen LogP contribution in [0.3, 0.4) is 0 Å². The van der Waals surface area contributed by atoms with E-state index in [1.165, 1.54) is 11.1 Å². The monoisotopic (exact) mass is 280 g/mol. The van der Waals surface area contributed by atoms with Crippen molar-refractivity contribution in [3.63, 3.8) is 0 Å². The average molecular weight is 281 g/mol. The van der Waals surface area contributed by atoms with E-state index in [1.807, 2.05) is 6.92 Å². The van der Waals surface area contributed by atoms with Crippen LogP contribution in [0.4, 0.5) is 0 Å². The summed E-state index contributed by atoms with van der Waals surface area (Å²) in [6.07, 6.45) is 3.15. The smallest absolute Gasteiger partial charge is 0.226 e. The molecule has 3 rings (SSSR count). The third-order valence-electron chi connectivity index (χ3n) is 4.23. The van der Waals surface area contributed by atoms with Gasteiger partial charge in [-0.05, 0) is 36.9 Å². The lowest BCUT2D eigenvalue weighted by molar-refractivity contribution is -0.125. The molecule has 19 heavy (non-hydrogen) atoms. The van der Waals surface area contributed by atoms with Crippen molar-refractivity contribution in [1.29, 1.82) is 0 Å². The highest BCUT2D eigenvalue weighted by molar-refractivity contribution is 5.85. The van der Waals surface area contributed by atoms with Gasteiger partial charge in [0.15, 0.2) is 0 Å². The number of amides is 1. The summed E-state index contributed by atoms with van der Waals surface area (Å²) < 4.78 is 0. The standard InChI is InChI=1S/C15H20N2O.ClH/c1-15(7-8-15)14(18)17-10-13-12-5-3-2-4-11(12)6-9-16-13;/h2-5,13,16H,6-10H2,1H3,(H,17,18);1H. The van der Waals surface area contributed by atoms with Crippen LogP contribution < -0.4 is 10.6 Å². The molecule has 0 radical (unpaired) electrons. The number of nitrogens with one attached hydrogen (secondary N) is 2. The number of hydrogen-bond acceptors (Lipinski definition) is 2. The van der Waals surface area contributed by atoms with Crippen molar-refractivity contribution >= 4 is 18.3 Å². The van der Waals surface area contributed by atoms with Crippen LogP contribution >= 0.6 is 12.4 Å². The lowest BCUT2D eigenvalue weighted by Crippen LogP contribution is -2.40. The molecule has 3 nitrogen and oxygen atoms in total. The first-order chi connectivity index (χ1) is 8.69. The number of halogens is 1. The van der Waals surface area contributed by atoms with Crippen molar-refractivity contribution in [3.8, 4) is 0 Å². The summed E-state index contributed by atoms with van der Waals surface area (Å²) in [7, 11) is 0. The number of carbonyl (C=O) groups excluding carboxylic acids is 1. The normalized spacial score (nSPS) is 22.9. The molecular formula is C15H21ClN2O. The molecule has 2 N–H and O–H groups in total. The van der Waals surface area contributed by atoms with Gasteiger partial charge in [0.2, 0.25) is 5.91 Å². The van der Waals surface area contributed by atoms with E-state index in [4.69, 9.17) is 0 Å². The zero-order valence-corrected chi connectivity index (χ0v) is 12.1. The van der Waals surface area contributed by atoms with E-state index < -0.39 is 0 Å². The first-order valence-electron chi connectivity index (χ1n) is 6.78. The Morgan fingerprint density at radius 1 is 1.42 bits per heavy atom. The Morgan fingerprint density at radius 2 is 2.16 bits per heavy atom. The molecule has 1 aliphatic carbocycles. The number of fused-ring (bicyclic) bond motifs is 1. The van der Waals surface area contributed by atoms with E-state index in [0.717, 1.165) is 25.8 Å². The summed E-state index contributed by atoms with van der Waals surface area (Å²) >= 11 is 0. The zero-order chi connectivity index (χ0) is 12.6. The van der Waals surface area contributed by atoms with Crippen LogP contribution in [0.25, 0.3) is 0 Å². The Kier molecular flexibility index (Phi) is 4.16. The van der Waals surface area contributed by atoms with Gasteiger partial charge in [-0.15, -0.1) is 12.4 Å². The molecule has 1 atom stereocenters. The van der Waals surface area contributed by atoms with Crippen molar-refractivity contribution in [3.05, 3.63) is 35.4 Å². The maximum Gasteiger partial charge on any atom is 0.226 e. The number of benzene rings is 1. The first kappa shape index (κ1) is 14.4. The Bertz CT molecular complexity index is 471. The quantitative estimate of drug-likeness (QED) is 0.891. The highest BCUT2D eigenvalue weighted by Gasteiger charge is 2.44. The molecular weight excluding hydrogens is 260 g/mol. The van der Waals surface area contributed by atoms with Gasteiger partial charge >= 0.3 is 0 Å². The van der Waals surface area contributed by atoms with Gasteiger partial charge in [-0.1, -0.05) is 31.2 Å². The van der Waals surface area contributed by atoms with Crippen molar-refractivity contribution in [2.45, 2.75) is 32.2 Å². The average Bonchev–Trinajstić information content (AvgIpc) is 3.15. The van der Waals surface area contributed by atoms with Crippen LogP contribution in [-0.2, 0) is 11.2 Å². The van der Waals surface area contributed by atoms with Crippen molar-refractivity contribution in [2.75, 3.05) is 13.1 Å². The molecule has 1 saturated carbocycles. The highest BCUT2D eigenvalue weighted by Crippen LogP contribution is 2.45. The predicted molar refractivity (Wildman–Crippen MR) is 78.5 cm³/mol. The second-order valence-electron chi connectivity index (χ2n) is 5.73. The summed E-state index contributed by atoms with van der Waals surface area (Å²) in [4.78, 5) is 11.9. The van der Waals surface area contributed by atoms with Crippen LogP contribution in [0.5, 0.6) is 0 Å². The van der Waals surface area contributed by atoms with Gasteiger partial charge in [-0.3, -0.25) is 4.79 Å². The number of carbonyl (C=O) groups is 1. The Morgan fingerprint density at radius 3 is 2.89 bits per heavy atom. The van der Waals surface area contributed by atoms with E-state index in [2.05, 4.69) is 34.9 Å². The molecule has 1 unspecified atom stereocenters. The van der Waals surface area contributed by atoms with Crippen LogP contribution in [0, 0.1) is 5.41 Å². The maximum atomic E-state index is 11.9. The van der Waals surface area contributed by atoms with Gasteiger partial charge in [-0.25, -0.2) is 0 Å². The molecule has 0 saturated heterocycles. The third-order valence-corrected chi connectivity index (χ3v) is 4.23. The van der Waals surface area contributed by atoms with Crippen molar-refractivity contribution < 1.29 is 4.79 Å².